The smallest absolute Gasteiger partial charge is 0.0110 e. The van der Waals surface area contributed by atoms with Crippen LogP contribution in [0.25, 0.3) is 0 Å². The second-order valence-electron chi connectivity index (χ2n) is 5.03. The van der Waals surface area contributed by atoms with Gasteiger partial charge in [-0.15, -0.1) is 0 Å². The molecule has 2 atom stereocenters. The lowest BCUT2D eigenvalue weighted by atomic mass is 10.0. The van der Waals surface area contributed by atoms with Gasteiger partial charge >= 0.3 is 0 Å². The van der Waals surface area contributed by atoms with Crippen molar-refractivity contribution in [1.29, 1.82) is 0 Å². The highest BCUT2D eigenvalue weighted by Crippen LogP contribution is 2.17. The Hall–Kier alpha value is -0.120. The van der Waals surface area contributed by atoms with Gasteiger partial charge in [0, 0.05) is 38.8 Å². The maximum absolute atomic E-state index is 3.54. The maximum atomic E-state index is 3.54. The van der Waals surface area contributed by atoms with Crippen molar-refractivity contribution >= 4 is 0 Å². The minimum Gasteiger partial charge on any atom is -0.314 e. The van der Waals surface area contributed by atoms with Crippen LogP contribution in [0.5, 0.6) is 0 Å². The molecule has 2 unspecified atom stereocenters. The van der Waals surface area contributed by atoms with Crippen LogP contribution in [0.1, 0.15) is 20.3 Å². The van der Waals surface area contributed by atoms with E-state index in [9.17, 15) is 0 Å². The molecule has 0 aromatic rings. The molecule has 0 radical (unpaired) electrons. The largest absolute Gasteiger partial charge is 0.314 e. The zero-order valence-electron chi connectivity index (χ0n) is 10.2. The molecule has 0 aliphatic carbocycles. The van der Waals surface area contributed by atoms with Gasteiger partial charge in [-0.1, -0.05) is 6.92 Å². The second-order valence-corrected chi connectivity index (χ2v) is 5.03. The lowest BCUT2D eigenvalue weighted by Crippen LogP contribution is -2.48. The van der Waals surface area contributed by atoms with E-state index >= 15 is 0 Å². The average Bonchev–Trinajstić information content (AvgIpc) is 2.66. The summed E-state index contributed by atoms with van der Waals surface area (Å²) in [6.45, 7) is 13.4. The highest BCUT2D eigenvalue weighted by Gasteiger charge is 2.26. The topological polar surface area (TPSA) is 18.5 Å². The molecule has 2 rings (SSSR count). The van der Waals surface area contributed by atoms with Crippen LogP contribution >= 0.6 is 0 Å². The molecule has 15 heavy (non-hydrogen) atoms. The normalized spacial score (nSPS) is 34.8. The summed E-state index contributed by atoms with van der Waals surface area (Å²) in [7, 11) is 0. The average molecular weight is 211 g/mol. The van der Waals surface area contributed by atoms with Crippen LogP contribution in [0.4, 0.5) is 0 Å². The van der Waals surface area contributed by atoms with Gasteiger partial charge in [0.2, 0.25) is 0 Å². The first kappa shape index (κ1) is 11.4. The fraction of sp³-hybridized carbons (Fsp3) is 1.00. The van der Waals surface area contributed by atoms with E-state index in [1.54, 1.807) is 0 Å². The molecule has 3 heteroatoms. The molecule has 3 nitrogen and oxygen atoms in total. The Morgan fingerprint density at radius 2 is 1.80 bits per heavy atom. The molecule has 0 aromatic heterocycles. The van der Waals surface area contributed by atoms with E-state index in [0.717, 1.165) is 12.0 Å². The highest BCUT2D eigenvalue weighted by molar-refractivity contribution is 4.84. The van der Waals surface area contributed by atoms with Crippen molar-refractivity contribution in [2.24, 2.45) is 5.92 Å². The number of nitrogens with one attached hydrogen (secondary N) is 1. The van der Waals surface area contributed by atoms with E-state index in [-0.39, 0.29) is 0 Å². The third kappa shape index (κ3) is 2.92. The zero-order chi connectivity index (χ0) is 10.7. The van der Waals surface area contributed by atoms with Crippen LogP contribution < -0.4 is 5.32 Å². The Labute approximate surface area is 93.8 Å². The molecule has 0 bridgehead atoms. The molecular formula is C12H25N3. The summed E-state index contributed by atoms with van der Waals surface area (Å²) < 4.78 is 0. The number of hydrogen-bond acceptors (Lipinski definition) is 3. The molecule has 2 aliphatic rings. The summed E-state index contributed by atoms with van der Waals surface area (Å²) in [5.41, 5.74) is 0. The van der Waals surface area contributed by atoms with Crippen molar-refractivity contribution < 1.29 is 0 Å². The number of piperazine rings is 1. The number of rotatable bonds is 3. The van der Waals surface area contributed by atoms with Crippen LogP contribution in [0.2, 0.25) is 0 Å². The first-order valence-electron chi connectivity index (χ1n) is 6.47. The van der Waals surface area contributed by atoms with Gasteiger partial charge in [0.05, 0.1) is 0 Å². The van der Waals surface area contributed by atoms with E-state index in [1.165, 1.54) is 52.2 Å². The fourth-order valence-corrected chi connectivity index (χ4v) is 2.78. The molecule has 0 amide bonds. The molecule has 2 heterocycles. The molecule has 88 valence electrons. The third-order valence-corrected chi connectivity index (χ3v) is 4.09. The van der Waals surface area contributed by atoms with E-state index in [1.807, 2.05) is 0 Å². The van der Waals surface area contributed by atoms with Gasteiger partial charge in [-0.2, -0.15) is 0 Å². The van der Waals surface area contributed by atoms with Gasteiger partial charge in [0.25, 0.3) is 0 Å². The van der Waals surface area contributed by atoms with Crippen molar-refractivity contribution in [3.63, 3.8) is 0 Å². The molecule has 0 saturated carbocycles. The first-order chi connectivity index (χ1) is 7.29. The Kier molecular flexibility index (Phi) is 4.00. The molecule has 2 saturated heterocycles. The SMILES string of the molecule is CCN1CCN(CC2CCNC2C)CC1. The van der Waals surface area contributed by atoms with Crippen molar-refractivity contribution in [3.8, 4) is 0 Å². The van der Waals surface area contributed by atoms with Gasteiger partial charge in [0.15, 0.2) is 0 Å². The van der Waals surface area contributed by atoms with E-state index in [2.05, 4.69) is 29.0 Å². The number of nitrogens with zero attached hydrogens (tertiary/aromatic N) is 2. The Morgan fingerprint density at radius 3 is 2.33 bits per heavy atom. The molecule has 0 aromatic carbocycles. The van der Waals surface area contributed by atoms with Crippen LogP contribution in [0.15, 0.2) is 0 Å². The summed E-state index contributed by atoms with van der Waals surface area (Å²) in [4.78, 5) is 5.20. The standard InChI is InChI=1S/C12H25N3/c1-3-14-6-8-15(9-7-14)10-12-4-5-13-11(12)2/h11-13H,3-10H2,1-2H3. The van der Waals surface area contributed by atoms with Crippen LogP contribution in [-0.4, -0.2) is 61.7 Å². The molecule has 2 aliphatic heterocycles. The summed E-state index contributed by atoms with van der Waals surface area (Å²) in [5.74, 6) is 0.887. The van der Waals surface area contributed by atoms with Gasteiger partial charge in [-0.3, -0.25) is 0 Å². The van der Waals surface area contributed by atoms with Gasteiger partial charge < -0.3 is 15.1 Å². The predicted octanol–water partition coefficient (Wildman–Crippen LogP) is 0.622. The van der Waals surface area contributed by atoms with Gasteiger partial charge in [0.1, 0.15) is 0 Å². The number of likely N-dealkylation sites (N-methyl/N-ethyl adjacent to an activating group) is 1. The van der Waals surface area contributed by atoms with E-state index < -0.39 is 0 Å². The minimum atomic E-state index is 0.731. The lowest BCUT2D eigenvalue weighted by Gasteiger charge is -2.35. The lowest BCUT2D eigenvalue weighted by molar-refractivity contribution is 0.120. The van der Waals surface area contributed by atoms with Crippen molar-refractivity contribution in [2.75, 3.05) is 45.8 Å². The summed E-state index contributed by atoms with van der Waals surface area (Å²) in [6.07, 6.45) is 1.37. The Balaban J connectivity index is 1.72. The quantitative estimate of drug-likeness (QED) is 0.738. The summed E-state index contributed by atoms with van der Waals surface area (Å²) >= 11 is 0. The zero-order valence-corrected chi connectivity index (χ0v) is 10.2. The van der Waals surface area contributed by atoms with Crippen molar-refractivity contribution in [3.05, 3.63) is 0 Å². The van der Waals surface area contributed by atoms with Crippen molar-refractivity contribution in [1.82, 2.24) is 15.1 Å². The number of hydrogen-bond donors (Lipinski definition) is 1. The monoisotopic (exact) mass is 211 g/mol. The van der Waals surface area contributed by atoms with Crippen LogP contribution in [0, 0.1) is 5.92 Å². The maximum Gasteiger partial charge on any atom is 0.0110 e. The molecule has 0 spiro atoms. The van der Waals surface area contributed by atoms with E-state index in [0.29, 0.717) is 0 Å². The van der Waals surface area contributed by atoms with E-state index in [4.69, 9.17) is 0 Å². The minimum absolute atomic E-state index is 0.731. The molecule has 1 N–H and O–H groups in total. The molecule has 2 fully saturated rings. The fourth-order valence-electron chi connectivity index (χ4n) is 2.78. The van der Waals surface area contributed by atoms with Crippen LogP contribution in [0.3, 0.4) is 0 Å². The first-order valence-corrected chi connectivity index (χ1v) is 6.47. The van der Waals surface area contributed by atoms with Gasteiger partial charge in [-0.25, -0.2) is 0 Å². The van der Waals surface area contributed by atoms with Crippen LogP contribution in [-0.2, 0) is 0 Å². The van der Waals surface area contributed by atoms with Gasteiger partial charge in [-0.05, 0) is 32.4 Å². The Bertz CT molecular complexity index is 187. The predicted molar refractivity (Wildman–Crippen MR) is 64.1 cm³/mol. The summed E-state index contributed by atoms with van der Waals surface area (Å²) in [5, 5.41) is 3.54. The summed E-state index contributed by atoms with van der Waals surface area (Å²) in [6, 6.07) is 0.731. The third-order valence-electron chi connectivity index (χ3n) is 4.09. The highest BCUT2D eigenvalue weighted by atomic mass is 15.3. The molecular weight excluding hydrogens is 186 g/mol. The Morgan fingerprint density at radius 1 is 1.13 bits per heavy atom. The second kappa shape index (κ2) is 5.28. The van der Waals surface area contributed by atoms with Crippen molar-refractivity contribution in [2.45, 2.75) is 26.3 Å².